The van der Waals surface area contributed by atoms with E-state index in [9.17, 15) is 15.2 Å². The van der Waals surface area contributed by atoms with Crippen LogP contribution in [0.3, 0.4) is 0 Å². The molecule has 4 aromatic carbocycles. The van der Waals surface area contributed by atoms with Crippen molar-refractivity contribution in [2.45, 2.75) is 19.3 Å². The summed E-state index contributed by atoms with van der Waals surface area (Å²) in [6.45, 7) is 2.20. The Kier molecular flexibility index (Phi) is 5.80. The Morgan fingerprint density at radius 2 is 1.45 bits per heavy atom. The van der Waals surface area contributed by atoms with E-state index in [0.717, 1.165) is 28.7 Å². The smallest absolute Gasteiger partial charge is 0.269 e. The van der Waals surface area contributed by atoms with Crippen molar-refractivity contribution < 1.29 is 10.0 Å². The van der Waals surface area contributed by atoms with Gasteiger partial charge in [0.2, 0.25) is 0 Å². The molecule has 0 saturated carbocycles. The molecule has 0 fully saturated rings. The quantitative estimate of drug-likeness (QED) is 0.276. The Hall–Kier alpha value is -3.92. The first kappa shape index (κ1) is 20.4. The number of phenolic OH excluding ortho intramolecular Hbond substituents is 1. The normalized spacial score (nSPS) is 11.8. The lowest BCUT2D eigenvalue weighted by Crippen LogP contribution is -1.99. The summed E-state index contributed by atoms with van der Waals surface area (Å²) in [5.74, 6) is 0.563. The van der Waals surface area contributed by atoms with Crippen LogP contribution in [0.15, 0.2) is 97.1 Å². The van der Waals surface area contributed by atoms with Crippen molar-refractivity contribution in [3.05, 3.63) is 118 Å². The maximum absolute atomic E-state index is 11.0. The molecule has 4 rings (SSSR count). The number of nitrogens with zero attached hydrogens (tertiary/aromatic N) is 1. The number of phenols is 1. The van der Waals surface area contributed by atoms with Crippen molar-refractivity contribution in [2.75, 3.05) is 0 Å². The second-order valence-corrected chi connectivity index (χ2v) is 7.75. The van der Waals surface area contributed by atoms with Gasteiger partial charge in [-0.1, -0.05) is 67.6 Å². The van der Waals surface area contributed by atoms with E-state index in [2.05, 4.69) is 37.3 Å². The summed E-state index contributed by atoms with van der Waals surface area (Å²) in [4.78, 5) is 10.6. The monoisotopic (exact) mass is 409 g/mol. The SMILES string of the molecule is CC(Cc1ccc(O)cc1)c1ccc(-c2ccc([N+](=O)[O-])cc2)c(-c2ccccc2)c1. The molecule has 0 bridgehead atoms. The fourth-order valence-corrected chi connectivity index (χ4v) is 3.84. The molecule has 4 aromatic rings. The Morgan fingerprint density at radius 3 is 2.10 bits per heavy atom. The van der Waals surface area contributed by atoms with Crippen LogP contribution in [0.25, 0.3) is 22.3 Å². The summed E-state index contributed by atoms with van der Waals surface area (Å²) < 4.78 is 0. The maximum Gasteiger partial charge on any atom is 0.269 e. The van der Waals surface area contributed by atoms with Gasteiger partial charge in [0.05, 0.1) is 4.92 Å². The van der Waals surface area contributed by atoms with Crippen molar-refractivity contribution in [1.29, 1.82) is 0 Å². The van der Waals surface area contributed by atoms with Crippen molar-refractivity contribution in [1.82, 2.24) is 0 Å². The number of nitro benzene ring substituents is 1. The van der Waals surface area contributed by atoms with Crippen LogP contribution in [-0.2, 0) is 6.42 Å². The first-order valence-electron chi connectivity index (χ1n) is 10.2. The minimum atomic E-state index is -0.379. The second-order valence-electron chi connectivity index (χ2n) is 7.75. The summed E-state index contributed by atoms with van der Waals surface area (Å²) in [5, 5.41) is 20.5. The lowest BCUT2D eigenvalue weighted by Gasteiger charge is -2.17. The first-order chi connectivity index (χ1) is 15.0. The highest BCUT2D eigenvalue weighted by molar-refractivity contribution is 5.84. The third-order valence-corrected chi connectivity index (χ3v) is 5.56. The lowest BCUT2D eigenvalue weighted by molar-refractivity contribution is -0.384. The fourth-order valence-electron chi connectivity index (χ4n) is 3.84. The maximum atomic E-state index is 11.0. The molecule has 0 aliphatic carbocycles. The van der Waals surface area contributed by atoms with Crippen LogP contribution in [0.2, 0.25) is 0 Å². The number of rotatable bonds is 6. The first-order valence-corrected chi connectivity index (χ1v) is 10.2. The van der Waals surface area contributed by atoms with Crippen LogP contribution in [0.4, 0.5) is 5.69 Å². The van der Waals surface area contributed by atoms with Gasteiger partial charge in [0.25, 0.3) is 5.69 Å². The van der Waals surface area contributed by atoms with Gasteiger partial charge in [0.15, 0.2) is 0 Å². The van der Waals surface area contributed by atoms with Crippen molar-refractivity contribution in [3.63, 3.8) is 0 Å². The zero-order valence-electron chi connectivity index (χ0n) is 17.2. The van der Waals surface area contributed by atoms with E-state index in [1.807, 2.05) is 30.3 Å². The molecular weight excluding hydrogens is 386 g/mol. The Bertz CT molecular complexity index is 1180. The molecule has 1 atom stereocenters. The molecule has 154 valence electrons. The highest BCUT2D eigenvalue weighted by Gasteiger charge is 2.14. The largest absolute Gasteiger partial charge is 0.508 e. The number of nitro groups is 1. The topological polar surface area (TPSA) is 63.4 Å². The standard InChI is InChI=1S/C27H23NO3/c1-19(17-20-7-14-25(29)15-8-20)23-11-16-26(22-9-12-24(13-10-22)28(30)31)27(18-23)21-5-3-2-4-6-21/h2-16,18-19,29H,17H2,1H3. The molecule has 0 heterocycles. The van der Waals surface area contributed by atoms with E-state index in [4.69, 9.17) is 0 Å². The van der Waals surface area contributed by atoms with Crippen LogP contribution in [0.1, 0.15) is 24.0 Å². The van der Waals surface area contributed by atoms with Gasteiger partial charge in [-0.2, -0.15) is 0 Å². The molecule has 0 amide bonds. The van der Waals surface area contributed by atoms with E-state index in [1.54, 1.807) is 36.4 Å². The molecule has 4 heteroatoms. The van der Waals surface area contributed by atoms with Crippen LogP contribution in [0.5, 0.6) is 5.75 Å². The Labute approximate surface area is 181 Å². The predicted octanol–water partition coefficient (Wildman–Crippen LogP) is 6.98. The van der Waals surface area contributed by atoms with Gasteiger partial charge >= 0.3 is 0 Å². The number of non-ortho nitro benzene ring substituents is 1. The highest BCUT2D eigenvalue weighted by Crippen LogP contribution is 2.36. The van der Waals surface area contributed by atoms with Crippen LogP contribution in [-0.4, -0.2) is 10.0 Å². The summed E-state index contributed by atoms with van der Waals surface area (Å²) in [5.41, 5.74) is 6.68. The van der Waals surface area contributed by atoms with Gasteiger partial charge in [-0.25, -0.2) is 0 Å². The molecular formula is C27H23NO3. The molecule has 1 unspecified atom stereocenters. The molecule has 31 heavy (non-hydrogen) atoms. The summed E-state index contributed by atoms with van der Waals surface area (Å²) >= 11 is 0. The molecule has 0 saturated heterocycles. The average Bonchev–Trinajstić information content (AvgIpc) is 2.81. The minimum absolute atomic E-state index is 0.0872. The fraction of sp³-hybridized carbons (Fsp3) is 0.111. The molecule has 0 aliphatic heterocycles. The van der Waals surface area contributed by atoms with Gasteiger partial charge in [0.1, 0.15) is 5.75 Å². The highest BCUT2D eigenvalue weighted by atomic mass is 16.6. The summed E-state index contributed by atoms with van der Waals surface area (Å²) in [7, 11) is 0. The lowest BCUT2D eigenvalue weighted by atomic mass is 9.87. The van der Waals surface area contributed by atoms with E-state index < -0.39 is 0 Å². The molecule has 4 nitrogen and oxygen atoms in total. The summed E-state index contributed by atoms with van der Waals surface area (Å²) in [6.07, 6.45) is 0.866. The number of hydrogen-bond acceptors (Lipinski definition) is 3. The van der Waals surface area contributed by atoms with Gasteiger partial charge < -0.3 is 5.11 Å². The van der Waals surface area contributed by atoms with Gasteiger partial charge in [0, 0.05) is 12.1 Å². The zero-order chi connectivity index (χ0) is 21.8. The van der Waals surface area contributed by atoms with E-state index in [-0.39, 0.29) is 22.3 Å². The molecule has 1 N–H and O–H groups in total. The van der Waals surface area contributed by atoms with Gasteiger partial charge in [-0.15, -0.1) is 0 Å². The Morgan fingerprint density at radius 1 is 0.806 bits per heavy atom. The molecule has 0 spiro atoms. The molecule has 0 radical (unpaired) electrons. The van der Waals surface area contributed by atoms with E-state index in [1.165, 1.54) is 11.1 Å². The van der Waals surface area contributed by atoms with Crippen molar-refractivity contribution in [3.8, 4) is 28.0 Å². The summed E-state index contributed by atoms with van der Waals surface area (Å²) in [6, 6.07) is 30.7. The van der Waals surface area contributed by atoms with E-state index >= 15 is 0 Å². The minimum Gasteiger partial charge on any atom is -0.508 e. The number of benzene rings is 4. The molecule has 0 aromatic heterocycles. The zero-order valence-corrected chi connectivity index (χ0v) is 17.2. The van der Waals surface area contributed by atoms with Gasteiger partial charge in [-0.3, -0.25) is 10.1 Å². The third-order valence-electron chi connectivity index (χ3n) is 5.56. The van der Waals surface area contributed by atoms with Crippen LogP contribution >= 0.6 is 0 Å². The molecule has 0 aliphatic rings. The van der Waals surface area contributed by atoms with Crippen molar-refractivity contribution >= 4 is 5.69 Å². The van der Waals surface area contributed by atoms with Crippen LogP contribution < -0.4 is 0 Å². The second kappa shape index (κ2) is 8.84. The average molecular weight is 409 g/mol. The van der Waals surface area contributed by atoms with Crippen molar-refractivity contribution in [2.24, 2.45) is 0 Å². The number of aromatic hydroxyl groups is 1. The third kappa shape index (κ3) is 4.64. The van der Waals surface area contributed by atoms with Crippen LogP contribution in [0, 0.1) is 10.1 Å². The predicted molar refractivity (Wildman–Crippen MR) is 124 cm³/mol. The Balaban J connectivity index is 1.72. The van der Waals surface area contributed by atoms with Gasteiger partial charge in [-0.05, 0) is 70.0 Å². The number of hydrogen-bond donors (Lipinski definition) is 1. The van der Waals surface area contributed by atoms with E-state index in [0.29, 0.717) is 0 Å².